The molecule has 0 radical (unpaired) electrons. The predicted octanol–water partition coefficient (Wildman–Crippen LogP) is 2.06. The van der Waals surface area contributed by atoms with Gasteiger partial charge in [0.2, 0.25) is 0 Å². The summed E-state index contributed by atoms with van der Waals surface area (Å²) in [7, 11) is 0. The van der Waals surface area contributed by atoms with Crippen LogP contribution in [0.4, 0.5) is 4.39 Å². The van der Waals surface area contributed by atoms with Gasteiger partial charge in [0.25, 0.3) is 5.91 Å². The molecule has 0 unspecified atom stereocenters. The molecular weight excluding hydrogens is 275 g/mol. The molecule has 1 aliphatic heterocycles. The van der Waals surface area contributed by atoms with Gasteiger partial charge >= 0.3 is 5.97 Å². The standard InChI is InChI=1S/C15H13FN2O3/c16-11-3-4-12-9(7-11)6-10(8-17-12)14(19)18-5-1-2-13(18)15(20)21/h3-4,6-8,13H,1-2,5H2,(H,20,21)/t13-/m1/s1. The van der Waals surface area contributed by atoms with E-state index in [2.05, 4.69) is 4.98 Å². The van der Waals surface area contributed by atoms with Crippen LogP contribution >= 0.6 is 0 Å². The van der Waals surface area contributed by atoms with Crippen molar-refractivity contribution >= 4 is 22.8 Å². The van der Waals surface area contributed by atoms with Crippen molar-refractivity contribution in [1.82, 2.24) is 9.88 Å². The first-order chi connectivity index (χ1) is 10.1. The number of pyridine rings is 1. The van der Waals surface area contributed by atoms with Crippen LogP contribution in [0.1, 0.15) is 23.2 Å². The van der Waals surface area contributed by atoms with Crippen molar-refractivity contribution in [2.45, 2.75) is 18.9 Å². The smallest absolute Gasteiger partial charge is 0.326 e. The average Bonchev–Trinajstić information content (AvgIpc) is 2.95. The quantitative estimate of drug-likeness (QED) is 0.918. The number of aliphatic carboxylic acids is 1. The Morgan fingerprint density at radius 2 is 2.14 bits per heavy atom. The molecule has 1 aromatic carbocycles. The number of hydrogen-bond acceptors (Lipinski definition) is 3. The minimum atomic E-state index is -0.999. The number of carboxylic acids is 1. The van der Waals surface area contributed by atoms with Gasteiger partial charge in [-0.3, -0.25) is 9.78 Å². The van der Waals surface area contributed by atoms with Crippen LogP contribution in [-0.4, -0.2) is 39.5 Å². The second-order valence-electron chi connectivity index (χ2n) is 5.06. The number of amides is 1. The lowest BCUT2D eigenvalue weighted by Gasteiger charge is -2.21. The number of likely N-dealkylation sites (tertiary alicyclic amines) is 1. The molecule has 1 aliphatic rings. The molecule has 0 saturated carbocycles. The van der Waals surface area contributed by atoms with Gasteiger partial charge in [-0.2, -0.15) is 0 Å². The number of fused-ring (bicyclic) bond motifs is 1. The number of halogens is 1. The van der Waals surface area contributed by atoms with Gasteiger partial charge in [-0.15, -0.1) is 0 Å². The van der Waals surface area contributed by atoms with E-state index in [1.54, 1.807) is 6.07 Å². The fourth-order valence-corrected chi connectivity index (χ4v) is 2.65. The van der Waals surface area contributed by atoms with Crippen LogP contribution < -0.4 is 0 Å². The monoisotopic (exact) mass is 288 g/mol. The minimum Gasteiger partial charge on any atom is -0.480 e. The number of carbonyl (C=O) groups is 2. The molecule has 1 amide bonds. The zero-order valence-corrected chi connectivity index (χ0v) is 11.1. The summed E-state index contributed by atoms with van der Waals surface area (Å²) in [6.45, 7) is 0.414. The molecule has 3 rings (SSSR count). The van der Waals surface area contributed by atoms with Crippen LogP contribution in [0.3, 0.4) is 0 Å². The third kappa shape index (κ3) is 2.44. The van der Waals surface area contributed by atoms with Crippen molar-refractivity contribution in [3.63, 3.8) is 0 Å². The Balaban J connectivity index is 1.96. The average molecular weight is 288 g/mol. The second kappa shape index (κ2) is 5.12. The SMILES string of the molecule is O=C(O)[C@H]1CCCN1C(=O)c1cnc2ccc(F)cc2c1. The van der Waals surface area contributed by atoms with E-state index in [9.17, 15) is 14.0 Å². The van der Waals surface area contributed by atoms with Gasteiger partial charge in [-0.05, 0) is 37.1 Å². The Bertz CT molecular complexity index is 732. The first kappa shape index (κ1) is 13.5. The number of benzene rings is 1. The number of hydrogen-bond donors (Lipinski definition) is 1. The second-order valence-corrected chi connectivity index (χ2v) is 5.06. The number of aromatic nitrogens is 1. The molecule has 1 N–H and O–H groups in total. The summed E-state index contributed by atoms with van der Waals surface area (Å²) in [6.07, 6.45) is 2.52. The van der Waals surface area contributed by atoms with Gasteiger partial charge < -0.3 is 10.0 Å². The molecular formula is C15H13FN2O3. The number of nitrogens with zero attached hydrogens (tertiary/aromatic N) is 2. The van der Waals surface area contributed by atoms with Crippen molar-refractivity contribution in [1.29, 1.82) is 0 Å². The van der Waals surface area contributed by atoms with Gasteiger partial charge in [0, 0.05) is 18.1 Å². The van der Waals surface area contributed by atoms with Crippen LogP contribution in [0, 0.1) is 5.82 Å². The lowest BCUT2D eigenvalue weighted by molar-refractivity contribution is -0.141. The molecule has 1 saturated heterocycles. The lowest BCUT2D eigenvalue weighted by Crippen LogP contribution is -2.40. The Morgan fingerprint density at radius 3 is 2.90 bits per heavy atom. The maximum atomic E-state index is 13.2. The summed E-state index contributed by atoms with van der Waals surface area (Å²) in [5, 5.41) is 9.65. The van der Waals surface area contributed by atoms with Crippen molar-refractivity contribution in [3.8, 4) is 0 Å². The van der Waals surface area contributed by atoms with Crippen molar-refractivity contribution in [2.24, 2.45) is 0 Å². The number of rotatable bonds is 2. The van der Waals surface area contributed by atoms with Crippen LogP contribution in [0.15, 0.2) is 30.5 Å². The zero-order chi connectivity index (χ0) is 15.0. The van der Waals surface area contributed by atoms with Gasteiger partial charge in [-0.1, -0.05) is 0 Å². The van der Waals surface area contributed by atoms with Gasteiger partial charge in [0.05, 0.1) is 11.1 Å². The Hall–Kier alpha value is -2.50. The largest absolute Gasteiger partial charge is 0.480 e. The number of carboxylic acid groups (broad SMARTS) is 1. The summed E-state index contributed by atoms with van der Waals surface area (Å²) >= 11 is 0. The van der Waals surface area contributed by atoms with E-state index in [1.165, 1.54) is 29.3 Å². The van der Waals surface area contributed by atoms with Crippen molar-refractivity contribution in [2.75, 3.05) is 6.54 Å². The summed E-state index contributed by atoms with van der Waals surface area (Å²) in [5.41, 5.74) is 0.866. The fourth-order valence-electron chi connectivity index (χ4n) is 2.65. The van der Waals surface area contributed by atoms with Gasteiger partial charge in [0.15, 0.2) is 0 Å². The van der Waals surface area contributed by atoms with Crippen LogP contribution in [-0.2, 0) is 4.79 Å². The third-order valence-corrected chi connectivity index (χ3v) is 3.69. The van der Waals surface area contributed by atoms with E-state index >= 15 is 0 Å². The van der Waals surface area contributed by atoms with E-state index in [0.717, 1.165) is 0 Å². The van der Waals surface area contributed by atoms with E-state index < -0.39 is 17.8 Å². The molecule has 1 atom stereocenters. The van der Waals surface area contributed by atoms with Gasteiger partial charge in [0.1, 0.15) is 11.9 Å². The third-order valence-electron chi connectivity index (χ3n) is 3.69. The molecule has 2 heterocycles. The highest BCUT2D eigenvalue weighted by Crippen LogP contribution is 2.22. The first-order valence-electron chi connectivity index (χ1n) is 6.65. The highest BCUT2D eigenvalue weighted by atomic mass is 19.1. The molecule has 108 valence electrons. The maximum Gasteiger partial charge on any atom is 0.326 e. The summed E-state index contributed by atoms with van der Waals surface area (Å²) in [4.78, 5) is 29.0. The Morgan fingerprint density at radius 1 is 1.33 bits per heavy atom. The number of carbonyl (C=O) groups excluding carboxylic acids is 1. The Labute approximate surface area is 120 Å². The van der Waals surface area contributed by atoms with Gasteiger partial charge in [-0.25, -0.2) is 9.18 Å². The lowest BCUT2D eigenvalue weighted by atomic mass is 10.1. The van der Waals surface area contributed by atoms with Crippen LogP contribution in [0.25, 0.3) is 10.9 Å². The molecule has 0 aliphatic carbocycles. The molecule has 1 aromatic heterocycles. The topological polar surface area (TPSA) is 70.5 Å². The summed E-state index contributed by atoms with van der Waals surface area (Å²) in [5.74, 6) is -1.78. The maximum absolute atomic E-state index is 13.2. The highest BCUT2D eigenvalue weighted by Gasteiger charge is 2.34. The van der Waals surface area contributed by atoms with E-state index in [0.29, 0.717) is 30.3 Å². The fraction of sp³-hybridized carbons (Fsp3) is 0.267. The highest BCUT2D eigenvalue weighted by molar-refractivity contribution is 5.99. The van der Waals surface area contributed by atoms with E-state index in [4.69, 9.17) is 5.11 Å². The summed E-state index contributed by atoms with van der Waals surface area (Å²) in [6, 6.07) is 4.90. The molecule has 6 heteroatoms. The van der Waals surface area contributed by atoms with Crippen molar-refractivity contribution in [3.05, 3.63) is 41.8 Å². The van der Waals surface area contributed by atoms with E-state index in [1.807, 2.05) is 0 Å². The molecule has 5 nitrogen and oxygen atoms in total. The minimum absolute atomic E-state index is 0.279. The normalized spacial score (nSPS) is 18.1. The van der Waals surface area contributed by atoms with Crippen LogP contribution in [0.5, 0.6) is 0 Å². The Kier molecular flexibility index (Phi) is 3.29. The molecule has 2 aromatic rings. The van der Waals surface area contributed by atoms with Crippen molar-refractivity contribution < 1.29 is 19.1 Å². The molecule has 1 fully saturated rings. The molecule has 0 spiro atoms. The predicted molar refractivity (Wildman–Crippen MR) is 73.4 cm³/mol. The van der Waals surface area contributed by atoms with E-state index in [-0.39, 0.29) is 11.5 Å². The van der Waals surface area contributed by atoms with Crippen LogP contribution in [0.2, 0.25) is 0 Å². The summed E-state index contributed by atoms with van der Waals surface area (Å²) < 4.78 is 13.2. The first-order valence-corrected chi connectivity index (χ1v) is 6.65. The zero-order valence-electron chi connectivity index (χ0n) is 11.1. The molecule has 0 bridgehead atoms. The molecule has 21 heavy (non-hydrogen) atoms.